The number of fused-ring (bicyclic) bond motifs is 1. The molecule has 1 aliphatic rings. The molecule has 198 valence electrons. The van der Waals surface area contributed by atoms with Crippen molar-refractivity contribution >= 4 is 51.3 Å². The molecule has 2 aromatic carbocycles. The van der Waals surface area contributed by atoms with Crippen LogP contribution in [0.1, 0.15) is 25.7 Å². The Morgan fingerprint density at radius 2 is 1.75 bits per heavy atom. The van der Waals surface area contributed by atoms with Gasteiger partial charge in [0.1, 0.15) is 5.82 Å². The van der Waals surface area contributed by atoms with E-state index in [1.54, 1.807) is 54.1 Å². The zero-order valence-electron chi connectivity index (χ0n) is 20.6. The molecule has 0 amide bonds. The second-order valence-electron chi connectivity index (χ2n) is 9.07. The first-order valence-electron chi connectivity index (χ1n) is 11.9. The van der Waals surface area contributed by atoms with Crippen LogP contribution >= 0.6 is 24.8 Å². The summed E-state index contributed by atoms with van der Waals surface area (Å²) in [6.45, 7) is 2.58. The molecule has 1 aromatic heterocycles. The van der Waals surface area contributed by atoms with Crippen molar-refractivity contribution in [3.63, 3.8) is 0 Å². The summed E-state index contributed by atoms with van der Waals surface area (Å²) in [7, 11) is 0.0196. The van der Waals surface area contributed by atoms with Crippen LogP contribution in [0.5, 0.6) is 0 Å². The molecule has 1 N–H and O–H groups in total. The van der Waals surface area contributed by atoms with Crippen molar-refractivity contribution in [2.45, 2.75) is 36.6 Å². The Labute approximate surface area is 226 Å². The number of anilines is 1. The highest BCUT2D eigenvalue weighted by Crippen LogP contribution is 2.31. The monoisotopic (exact) mass is 556 g/mol. The van der Waals surface area contributed by atoms with E-state index in [0.717, 1.165) is 56.4 Å². The van der Waals surface area contributed by atoms with Crippen LogP contribution in [0.3, 0.4) is 0 Å². The first-order valence-corrected chi connectivity index (χ1v) is 13.3. The zero-order valence-corrected chi connectivity index (χ0v) is 23.1. The summed E-state index contributed by atoms with van der Waals surface area (Å²) in [5.41, 5.74) is 0.949. The molecule has 1 unspecified atom stereocenters. The molecule has 1 fully saturated rings. The molecule has 3 aromatic rings. The number of pyridine rings is 1. The van der Waals surface area contributed by atoms with E-state index >= 15 is 0 Å². The van der Waals surface area contributed by atoms with Gasteiger partial charge >= 0.3 is 0 Å². The zero-order chi connectivity index (χ0) is 24.1. The number of hydrogen-bond donors (Lipinski definition) is 1. The average Bonchev–Trinajstić information content (AvgIpc) is 2.86. The Kier molecular flexibility index (Phi) is 11.4. The van der Waals surface area contributed by atoms with Gasteiger partial charge in [-0.05, 0) is 81.1 Å². The minimum atomic E-state index is -3.69. The lowest BCUT2D eigenvalue weighted by Gasteiger charge is -2.37. The highest BCUT2D eigenvalue weighted by atomic mass is 35.5. The standard InChI is InChI=1S/C26H33FN4O2S.2ClH/c1-30(23-10-8-22(27)9-11-23)18-4-6-25(20-12-15-28-16-13-20)31(2)34(32,33)26-7-3-5-21-19-29-17-14-24(21)26;;/h3,5,7-11,14,17,19-20,25,28H,4,6,12-13,15-16,18H2,1-2H3;2*1H. The molecule has 0 saturated carbocycles. The van der Waals surface area contributed by atoms with Crippen LogP contribution in [0, 0.1) is 11.7 Å². The molecule has 1 aliphatic heterocycles. The molecular formula is C26H35Cl2FN4O2S. The van der Waals surface area contributed by atoms with Crippen molar-refractivity contribution in [2.24, 2.45) is 5.92 Å². The number of nitrogens with zero attached hydrogens (tertiary/aromatic N) is 3. The van der Waals surface area contributed by atoms with Gasteiger partial charge in [0, 0.05) is 55.5 Å². The SMILES string of the molecule is CN(CCCC(C1CCNCC1)N(C)S(=O)(=O)c1cccc2cnccc12)c1ccc(F)cc1.Cl.Cl. The van der Waals surface area contributed by atoms with E-state index in [4.69, 9.17) is 0 Å². The highest BCUT2D eigenvalue weighted by molar-refractivity contribution is 7.89. The van der Waals surface area contributed by atoms with Gasteiger partial charge in [-0.2, -0.15) is 4.31 Å². The Morgan fingerprint density at radius 1 is 1.06 bits per heavy atom. The van der Waals surface area contributed by atoms with Crippen LogP contribution in [0.15, 0.2) is 65.8 Å². The minimum Gasteiger partial charge on any atom is -0.375 e. The quantitative estimate of drug-likeness (QED) is 0.396. The van der Waals surface area contributed by atoms with Crippen molar-refractivity contribution in [2.75, 3.05) is 38.6 Å². The van der Waals surface area contributed by atoms with Crippen molar-refractivity contribution in [3.8, 4) is 0 Å². The van der Waals surface area contributed by atoms with Crippen molar-refractivity contribution in [1.82, 2.24) is 14.6 Å². The number of piperidine rings is 1. The largest absolute Gasteiger partial charge is 0.375 e. The Morgan fingerprint density at radius 3 is 2.44 bits per heavy atom. The fourth-order valence-corrected chi connectivity index (χ4v) is 6.62. The van der Waals surface area contributed by atoms with Gasteiger partial charge in [-0.3, -0.25) is 4.98 Å². The van der Waals surface area contributed by atoms with Gasteiger partial charge in [-0.1, -0.05) is 12.1 Å². The summed E-state index contributed by atoms with van der Waals surface area (Å²) >= 11 is 0. The van der Waals surface area contributed by atoms with Crippen molar-refractivity contribution in [1.29, 1.82) is 0 Å². The second kappa shape index (κ2) is 13.5. The number of benzene rings is 2. The topological polar surface area (TPSA) is 65.5 Å². The molecule has 0 spiro atoms. The number of halogens is 3. The van der Waals surface area contributed by atoms with Gasteiger partial charge in [0.25, 0.3) is 0 Å². The van der Waals surface area contributed by atoms with Crippen molar-refractivity contribution in [3.05, 3.63) is 66.7 Å². The van der Waals surface area contributed by atoms with E-state index in [9.17, 15) is 12.8 Å². The maximum atomic E-state index is 13.8. The predicted octanol–water partition coefficient (Wildman–Crippen LogP) is 5.12. The number of nitrogens with one attached hydrogen (secondary N) is 1. The maximum absolute atomic E-state index is 13.8. The molecule has 1 atom stereocenters. The van der Waals surface area contributed by atoms with Gasteiger partial charge in [-0.25, -0.2) is 12.8 Å². The lowest BCUT2D eigenvalue weighted by atomic mass is 9.87. The predicted molar refractivity (Wildman–Crippen MR) is 149 cm³/mol. The third-order valence-corrected chi connectivity index (χ3v) is 8.89. The number of sulfonamides is 1. The van der Waals surface area contributed by atoms with Crippen LogP contribution in [0.25, 0.3) is 10.8 Å². The molecular weight excluding hydrogens is 522 g/mol. The van der Waals surface area contributed by atoms with Gasteiger partial charge in [0.15, 0.2) is 0 Å². The normalized spacial score (nSPS) is 15.2. The van der Waals surface area contributed by atoms with E-state index < -0.39 is 10.0 Å². The van der Waals surface area contributed by atoms with E-state index in [2.05, 4.69) is 15.2 Å². The fraction of sp³-hybridized carbons (Fsp3) is 0.423. The Hall–Kier alpha value is -1.97. The number of aromatic nitrogens is 1. The summed E-state index contributed by atoms with van der Waals surface area (Å²) in [4.78, 5) is 6.55. The molecule has 10 heteroatoms. The minimum absolute atomic E-state index is 0. The van der Waals surface area contributed by atoms with Crippen LogP contribution in [0.2, 0.25) is 0 Å². The molecule has 0 aliphatic carbocycles. The Balaban J connectivity index is 0.00000228. The lowest BCUT2D eigenvalue weighted by molar-refractivity contribution is 0.207. The summed E-state index contributed by atoms with van der Waals surface area (Å²) < 4.78 is 42.5. The number of hydrogen-bond acceptors (Lipinski definition) is 5. The molecule has 0 bridgehead atoms. The fourth-order valence-electron chi connectivity index (χ4n) is 4.96. The van der Waals surface area contributed by atoms with Gasteiger partial charge in [-0.15, -0.1) is 24.8 Å². The van der Waals surface area contributed by atoms with Crippen LogP contribution < -0.4 is 10.2 Å². The van der Waals surface area contributed by atoms with E-state index in [-0.39, 0.29) is 36.7 Å². The van der Waals surface area contributed by atoms with E-state index in [0.29, 0.717) is 16.2 Å². The molecule has 6 nitrogen and oxygen atoms in total. The molecule has 4 rings (SSSR count). The molecule has 2 heterocycles. The summed E-state index contributed by atoms with van der Waals surface area (Å²) in [5, 5.41) is 4.90. The van der Waals surface area contributed by atoms with E-state index in [1.165, 1.54) is 12.1 Å². The van der Waals surface area contributed by atoms with Crippen molar-refractivity contribution < 1.29 is 12.8 Å². The highest BCUT2D eigenvalue weighted by Gasteiger charge is 2.34. The smallest absolute Gasteiger partial charge is 0.243 e. The summed E-state index contributed by atoms with van der Waals surface area (Å²) in [6, 6.07) is 13.5. The van der Waals surface area contributed by atoms with Gasteiger partial charge < -0.3 is 10.2 Å². The second-order valence-corrected chi connectivity index (χ2v) is 11.0. The first kappa shape index (κ1) is 30.3. The molecule has 36 heavy (non-hydrogen) atoms. The summed E-state index contributed by atoms with van der Waals surface area (Å²) in [5.74, 6) is 0.0490. The third-order valence-electron chi connectivity index (χ3n) is 6.95. The lowest BCUT2D eigenvalue weighted by Crippen LogP contribution is -2.45. The van der Waals surface area contributed by atoms with Crippen LogP contribution in [0.4, 0.5) is 10.1 Å². The maximum Gasteiger partial charge on any atom is 0.243 e. The average molecular weight is 558 g/mol. The van der Waals surface area contributed by atoms with Crippen LogP contribution in [-0.2, 0) is 10.0 Å². The number of rotatable bonds is 9. The molecule has 1 saturated heterocycles. The molecule has 0 radical (unpaired) electrons. The Bertz CT molecular complexity index is 1200. The van der Waals surface area contributed by atoms with Crippen LogP contribution in [-0.4, -0.2) is 57.5 Å². The first-order chi connectivity index (χ1) is 16.4. The third kappa shape index (κ3) is 6.86. The van der Waals surface area contributed by atoms with Gasteiger partial charge in [0.2, 0.25) is 10.0 Å². The van der Waals surface area contributed by atoms with E-state index in [1.807, 2.05) is 13.1 Å². The van der Waals surface area contributed by atoms with Gasteiger partial charge in [0.05, 0.1) is 4.90 Å². The summed E-state index contributed by atoms with van der Waals surface area (Å²) in [6.07, 6.45) is 6.84.